The van der Waals surface area contributed by atoms with Crippen molar-refractivity contribution in [3.05, 3.63) is 212 Å². The molecule has 2 aromatic heterocycles. The van der Waals surface area contributed by atoms with Crippen molar-refractivity contribution in [1.29, 1.82) is 0 Å². The van der Waals surface area contributed by atoms with E-state index >= 15 is 0 Å². The second-order valence-electron chi connectivity index (χ2n) is 15.3. The van der Waals surface area contributed by atoms with Gasteiger partial charge in [0.25, 0.3) is 0 Å². The lowest BCUT2D eigenvalue weighted by molar-refractivity contribution is 0.670. The Morgan fingerprint density at radius 2 is 1.02 bits per heavy atom. The molecule has 2 nitrogen and oxygen atoms in total. The highest BCUT2D eigenvalue weighted by Gasteiger charge is 2.19. The number of benzene rings is 10. The Morgan fingerprint density at radius 3 is 1.93 bits per heavy atom. The Hall–Kier alpha value is -7.46. The number of furan rings is 1. The lowest BCUT2D eigenvalue weighted by atomic mass is 9.95. The molecule has 0 N–H and O–H groups in total. The predicted octanol–water partition coefficient (Wildman–Crippen LogP) is 16.7. The summed E-state index contributed by atoms with van der Waals surface area (Å²) in [6.45, 7) is 0. The molecule has 0 unspecified atom stereocenters. The fourth-order valence-corrected chi connectivity index (χ4v) is 10.2. The second-order valence-corrected chi connectivity index (χ2v) is 16.3. The van der Waals surface area contributed by atoms with Gasteiger partial charge in [0.05, 0.1) is 0 Å². The zero-order valence-electron chi connectivity index (χ0n) is 32.0. The van der Waals surface area contributed by atoms with E-state index in [1.807, 2.05) is 23.5 Å². The molecule has 0 atom stereocenters. The SMILES string of the molecule is c1ccc(-c2cccc(N(c3ccc(-c4cccc5c4oc4ccccc45)cc3)c3ccc4sc5cccc(-c6ccc7c(ccc8ccccc87)c6)c5c4c3)c2)cc1. The molecule has 0 aliphatic heterocycles. The highest BCUT2D eigenvalue weighted by Crippen LogP contribution is 2.45. The minimum absolute atomic E-state index is 0.907. The quantitative estimate of drug-likeness (QED) is 0.157. The van der Waals surface area contributed by atoms with Crippen LogP contribution < -0.4 is 4.90 Å². The molecule has 0 amide bonds. The second kappa shape index (κ2) is 13.6. The number of nitrogens with zero attached hydrogens (tertiary/aromatic N) is 1. The van der Waals surface area contributed by atoms with Gasteiger partial charge >= 0.3 is 0 Å². The minimum Gasteiger partial charge on any atom is -0.455 e. The average molecular weight is 770 g/mol. The Bertz CT molecular complexity index is 3560. The third kappa shape index (κ3) is 5.62. The summed E-state index contributed by atoms with van der Waals surface area (Å²) in [5, 5.41) is 9.91. The van der Waals surface area contributed by atoms with Gasteiger partial charge in [-0.05, 0) is 110 Å². The number of para-hydroxylation sites is 2. The van der Waals surface area contributed by atoms with Gasteiger partial charge in [0.2, 0.25) is 0 Å². The van der Waals surface area contributed by atoms with E-state index in [0.717, 1.165) is 50.1 Å². The van der Waals surface area contributed by atoms with E-state index in [2.05, 4.69) is 205 Å². The molecule has 2 heterocycles. The topological polar surface area (TPSA) is 16.4 Å². The molecule has 0 bridgehead atoms. The molecule has 0 saturated carbocycles. The molecule has 12 aromatic rings. The Balaban J connectivity index is 1.02. The molecule has 276 valence electrons. The van der Waals surface area contributed by atoms with E-state index in [0.29, 0.717) is 0 Å². The van der Waals surface area contributed by atoms with Gasteiger partial charge < -0.3 is 9.32 Å². The van der Waals surface area contributed by atoms with Crippen LogP contribution in [0.5, 0.6) is 0 Å². The molecule has 10 aromatic carbocycles. The van der Waals surface area contributed by atoms with E-state index in [-0.39, 0.29) is 0 Å². The number of rotatable bonds is 6. The largest absolute Gasteiger partial charge is 0.455 e. The molecule has 0 radical (unpaired) electrons. The molecule has 0 aliphatic rings. The summed E-state index contributed by atoms with van der Waals surface area (Å²) in [5.74, 6) is 0. The van der Waals surface area contributed by atoms with Gasteiger partial charge in [-0.25, -0.2) is 0 Å². The lowest BCUT2D eigenvalue weighted by Crippen LogP contribution is -2.10. The maximum Gasteiger partial charge on any atom is 0.143 e. The lowest BCUT2D eigenvalue weighted by Gasteiger charge is -2.26. The predicted molar refractivity (Wildman–Crippen MR) is 253 cm³/mol. The normalized spacial score (nSPS) is 11.7. The Morgan fingerprint density at radius 1 is 0.339 bits per heavy atom. The van der Waals surface area contributed by atoms with Gasteiger partial charge in [0.15, 0.2) is 0 Å². The van der Waals surface area contributed by atoms with Crippen molar-refractivity contribution in [3.8, 4) is 33.4 Å². The Labute approximate surface area is 345 Å². The smallest absolute Gasteiger partial charge is 0.143 e. The first-order valence-electron chi connectivity index (χ1n) is 20.1. The molecular formula is C56H35NOS. The first-order valence-corrected chi connectivity index (χ1v) is 20.9. The molecule has 0 aliphatic carbocycles. The number of hydrogen-bond donors (Lipinski definition) is 0. The van der Waals surface area contributed by atoms with E-state index in [9.17, 15) is 0 Å². The van der Waals surface area contributed by atoms with Gasteiger partial charge in [-0.15, -0.1) is 11.3 Å². The van der Waals surface area contributed by atoms with Gasteiger partial charge in [0.1, 0.15) is 11.2 Å². The van der Waals surface area contributed by atoms with Crippen LogP contribution in [-0.2, 0) is 0 Å². The van der Waals surface area contributed by atoms with Gasteiger partial charge in [-0.2, -0.15) is 0 Å². The number of hydrogen-bond acceptors (Lipinski definition) is 3. The van der Waals surface area contributed by atoms with Crippen molar-refractivity contribution < 1.29 is 4.42 Å². The molecule has 0 saturated heterocycles. The maximum atomic E-state index is 6.45. The van der Waals surface area contributed by atoms with Crippen LogP contribution in [0, 0.1) is 0 Å². The number of fused-ring (bicyclic) bond motifs is 9. The fraction of sp³-hybridized carbons (Fsp3) is 0. The summed E-state index contributed by atoms with van der Waals surface area (Å²) in [7, 11) is 0. The molecule has 0 spiro atoms. The molecule has 59 heavy (non-hydrogen) atoms. The van der Waals surface area contributed by atoms with Crippen LogP contribution in [0.15, 0.2) is 217 Å². The summed E-state index contributed by atoms with van der Waals surface area (Å²) in [6.07, 6.45) is 0. The average Bonchev–Trinajstić information content (AvgIpc) is 3.88. The molecular weight excluding hydrogens is 735 g/mol. The van der Waals surface area contributed by atoms with Crippen LogP contribution in [0.2, 0.25) is 0 Å². The van der Waals surface area contributed by atoms with Gasteiger partial charge in [-0.1, -0.05) is 152 Å². The van der Waals surface area contributed by atoms with Gasteiger partial charge in [0, 0.05) is 53.6 Å². The third-order valence-corrected chi connectivity index (χ3v) is 13.0. The van der Waals surface area contributed by atoms with E-state index in [1.165, 1.54) is 64.0 Å². The van der Waals surface area contributed by atoms with Crippen molar-refractivity contribution in [2.24, 2.45) is 0 Å². The first kappa shape index (κ1) is 33.7. The summed E-state index contributed by atoms with van der Waals surface area (Å²) in [4.78, 5) is 2.39. The van der Waals surface area contributed by atoms with Crippen LogP contribution in [0.3, 0.4) is 0 Å². The highest BCUT2D eigenvalue weighted by atomic mass is 32.1. The van der Waals surface area contributed by atoms with E-state index in [4.69, 9.17) is 4.42 Å². The summed E-state index contributed by atoms with van der Waals surface area (Å²) in [6, 6.07) is 77.0. The summed E-state index contributed by atoms with van der Waals surface area (Å²) in [5.41, 5.74) is 12.2. The number of thiophene rings is 1. The number of anilines is 3. The third-order valence-electron chi connectivity index (χ3n) is 11.8. The van der Waals surface area contributed by atoms with Crippen molar-refractivity contribution in [2.75, 3.05) is 4.90 Å². The maximum absolute atomic E-state index is 6.45. The van der Waals surface area contributed by atoms with Crippen LogP contribution in [0.25, 0.3) is 97.0 Å². The van der Waals surface area contributed by atoms with E-state index < -0.39 is 0 Å². The van der Waals surface area contributed by atoms with Crippen molar-refractivity contribution in [3.63, 3.8) is 0 Å². The van der Waals surface area contributed by atoms with Crippen LogP contribution in [0.1, 0.15) is 0 Å². The zero-order valence-corrected chi connectivity index (χ0v) is 32.8. The van der Waals surface area contributed by atoms with Crippen molar-refractivity contribution >= 4 is 92.1 Å². The molecule has 3 heteroatoms. The van der Waals surface area contributed by atoms with Crippen molar-refractivity contribution in [1.82, 2.24) is 0 Å². The minimum atomic E-state index is 0.907. The molecule has 12 rings (SSSR count). The van der Waals surface area contributed by atoms with Gasteiger partial charge in [-0.3, -0.25) is 0 Å². The summed E-state index contributed by atoms with van der Waals surface area (Å²) < 4.78 is 9.01. The zero-order chi connectivity index (χ0) is 38.9. The van der Waals surface area contributed by atoms with E-state index in [1.54, 1.807) is 0 Å². The highest BCUT2D eigenvalue weighted by molar-refractivity contribution is 7.26. The van der Waals surface area contributed by atoms with Crippen molar-refractivity contribution in [2.45, 2.75) is 0 Å². The fourth-order valence-electron chi connectivity index (χ4n) is 9.04. The monoisotopic (exact) mass is 769 g/mol. The standard InChI is InChI=1S/C56H35NOS/c1-2-11-36(12-3-1)39-14-8-15-43(34-39)57(42-28-25-38(26-29-42)48-19-9-20-50-49-17-6-7-21-52(49)58-56(48)50)44-30-32-53-51(35-44)55-47(18-10-22-54(55)59-53)41-27-31-46-40(33-41)24-23-37-13-4-5-16-45(37)46/h1-35H. The summed E-state index contributed by atoms with van der Waals surface area (Å²) >= 11 is 1.86. The van der Waals surface area contributed by atoms with Crippen LogP contribution in [0.4, 0.5) is 17.1 Å². The van der Waals surface area contributed by atoms with Crippen LogP contribution in [-0.4, -0.2) is 0 Å². The van der Waals surface area contributed by atoms with Crippen LogP contribution >= 0.6 is 11.3 Å². The first-order chi connectivity index (χ1) is 29.2. The molecule has 0 fully saturated rings. The Kier molecular flexibility index (Phi) is 7.75.